The van der Waals surface area contributed by atoms with Gasteiger partial charge in [0.05, 0.1) is 22.8 Å². The molecule has 2 heterocycles. The second-order valence-corrected chi connectivity index (χ2v) is 9.67. The number of carbonyl (C=O) groups is 2. The van der Waals surface area contributed by atoms with E-state index < -0.39 is 18.2 Å². The Morgan fingerprint density at radius 1 is 1.19 bits per heavy atom. The molecule has 2 saturated heterocycles. The maximum Gasteiger partial charge on any atom is 0.414 e. The Balaban J connectivity index is 1.46. The van der Waals surface area contributed by atoms with Gasteiger partial charge in [0.2, 0.25) is 0 Å². The van der Waals surface area contributed by atoms with Crippen molar-refractivity contribution in [2.45, 2.75) is 38.8 Å². The Labute approximate surface area is 219 Å². The van der Waals surface area contributed by atoms with Crippen LogP contribution in [-0.2, 0) is 16.1 Å². The molecule has 0 saturated carbocycles. The number of esters is 1. The van der Waals surface area contributed by atoms with Crippen LogP contribution >= 0.6 is 23.2 Å². The third-order valence-corrected chi connectivity index (χ3v) is 6.54. The lowest BCUT2D eigenvalue weighted by Crippen LogP contribution is -2.29. The van der Waals surface area contributed by atoms with Crippen molar-refractivity contribution in [1.29, 1.82) is 5.41 Å². The number of halogens is 2. The number of nitrogens with zero attached hydrogens (tertiary/aromatic N) is 2. The van der Waals surface area contributed by atoms with E-state index in [1.807, 2.05) is 6.07 Å². The molecule has 1 atom stereocenters. The van der Waals surface area contributed by atoms with E-state index in [9.17, 15) is 9.59 Å². The molecule has 0 radical (unpaired) electrons. The Bertz CT molecular complexity index is 1170. The standard InChI is InChI=1S/C25H28Cl2N4O5/c1-15(32)35-22-11-18(5-6-20(22)24(28)29)31-13-19(36-25(31)33)14-34-23-16(9-17(26)10-21(23)27)12-30-7-3-2-4-8-30/h5-6,9-11,19H,2-4,7-8,12-14H2,1H3,(H3,28,29). The molecule has 2 aliphatic rings. The first-order valence-corrected chi connectivity index (χ1v) is 12.4. The van der Waals surface area contributed by atoms with Gasteiger partial charge in [0.25, 0.3) is 0 Å². The molecule has 11 heteroatoms. The summed E-state index contributed by atoms with van der Waals surface area (Å²) in [6.07, 6.45) is 2.43. The molecule has 0 aromatic heterocycles. The number of carbonyl (C=O) groups excluding carboxylic acids is 2. The number of nitrogens with two attached hydrogens (primary N) is 1. The third kappa shape index (κ3) is 6.21. The van der Waals surface area contributed by atoms with Crippen LogP contribution in [0.15, 0.2) is 30.3 Å². The largest absolute Gasteiger partial charge is 0.488 e. The van der Waals surface area contributed by atoms with Crippen molar-refractivity contribution < 1.29 is 23.8 Å². The maximum absolute atomic E-state index is 12.6. The van der Waals surface area contributed by atoms with Crippen LogP contribution < -0.4 is 20.1 Å². The Morgan fingerprint density at radius 2 is 1.94 bits per heavy atom. The number of likely N-dealkylation sites (tertiary alicyclic amines) is 1. The summed E-state index contributed by atoms with van der Waals surface area (Å²) in [5.74, 6) is -0.196. The minimum absolute atomic E-state index is 0.0929. The van der Waals surface area contributed by atoms with E-state index in [4.69, 9.17) is 48.6 Å². The van der Waals surface area contributed by atoms with E-state index in [1.54, 1.807) is 12.1 Å². The lowest BCUT2D eigenvalue weighted by atomic mass is 10.1. The summed E-state index contributed by atoms with van der Waals surface area (Å²) in [4.78, 5) is 27.8. The molecule has 0 spiro atoms. The normalized spacial score (nSPS) is 18.1. The number of rotatable bonds is 8. The van der Waals surface area contributed by atoms with E-state index >= 15 is 0 Å². The topological polar surface area (TPSA) is 118 Å². The quantitative estimate of drug-likeness (QED) is 0.220. The number of amidine groups is 1. The zero-order valence-corrected chi connectivity index (χ0v) is 21.4. The Hall–Kier alpha value is -3.01. The van der Waals surface area contributed by atoms with E-state index in [-0.39, 0.29) is 30.3 Å². The van der Waals surface area contributed by atoms with Crippen molar-refractivity contribution in [3.63, 3.8) is 0 Å². The molecule has 4 rings (SSSR count). The fourth-order valence-electron chi connectivity index (χ4n) is 4.39. The van der Waals surface area contributed by atoms with Crippen LogP contribution in [0.3, 0.4) is 0 Å². The fourth-order valence-corrected chi connectivity index (χ4v) is 4.98. The lowest BCUT2D eigenvalue weighted by molar-refractivity contribution is -0.131. The van der Waals surface area contributed by atoms with Gasteiger partial charge in [-0.2, -0.15) is 0 Å². The summed E-state index contributed by atoms with van der Waals surface area (Å²) in [5, 5.41) is 8.62. The number of nitrogens with one attached hydrogen (secondary N) is 1. The van der Waals surface area contributed by atoms with Crippen molar-refractivity contribution in [2.75, 3.05) is 31.1 Å². The summed E-state index contributed by atoms with van der Waals surface area (Å²) in [5.41, 5.74) is 7.16. The number of cyclic esters (lactones) is 1. The monoisotopic (exact) mass is 534 g/mol. The van der Waals surface area contributed by atoms with Crippen molar-refractivity contribution in [1.82, 2.24) is 4.90 Å². The summed E-state index contributed by atoms with van der Waals surface area (Å²) in [7, 11) is 0. The van der Waals surface area contributed by atoms with Crippen molar-refractivity contribution >= 4 is 46.8 Å². The van der Waals surface area contributed by atoms with Crippen LogP contribution in [0.5, 0.6) is 11.5 Å². The van der Waals surface area contributed by atoms with Gasteiger partial charge in [-0.25, -0.2) is 4.79 Å². The minimum atomic E-state index is -0.566. The average Bonchev–Trinajstić information content (AvgIpc) is 3.19. The molecule has 1 unspecified atom stereocenters. The zero-order valence-electron chi connectivity index (χ0n) is 19.9. The van der Waals surface area contributed by atoms with Gasteiger partial charge in [-0.1, -0.05) is 29.6 Å². The van der Waals surface area contributed by atoms with Gasteiger partial charge < -0.3 is 19.9 Å². The number of anilines is 1. The van der Waals surface area contributed by atoms with Gasteiger partial charge in [0.15, 0.2) is 6.10 Å². The summed E-state index contributed by atoms with van der Waals surface area (Å²) < 4.78 is 16.8. The predicted molar refractivity (Wildman–Crippen MR) is 137 cm³/mol. The highest BCUT2D eigenvalue weighted by Gasteiger charge is 2.34. The van der Waals surface area contributed by atoms with Crippen LogP contribution in [0.1, 0.15) is 37.3 Å². The number of amides is 1. The number of nitrogen functional groups attached to an aromatic ring is 1. The number of hydrogen-bond donors (Lipinski definition) is 2. The number of benzene rings is 2. The van der Waals surface area contributed by atoms with Crippen LogP contribution in [-0.4, -0.2) is 55.1 Å². The molecule has 2 aromatic rings. The number of piperidine rings is 1. The van der Waals surface area contributed by atoms with Gasteiger partial charge in [-0.05, 0) is 50.2 Å². The summed E-state index contributed by atoms with van der Waals surface area (Å²) in [6.45, 7) is 4.25. The Morgan fingerprint density at radius 3 is 2.64 bits per heavy atom. The average molecular weight is 535 g/mol. The van der Waals surface area contributed by atoms with Crippen molar-refractivity contribution in [3.8, 4) is 11.5 Å². The molecular weight excluding hydrogens is 507 g/mol. The van der Waals surface area contributed by atoms with Crippen LogP contribution in [0.2, 0.25) is 10.0 Å². The van der Waals surface area contributed by atoms with Gasteiger partial charge in [0.1, 0.15) is 23.9 Å². The molecular formula is C25H28Cl2N4O5. The van der Waals surface area contributed by atoms with Gasteiger partial charge in [-0.15, -0.1) is 0 Å². The number of ether oxygens (including phenoxy) is 3. The molecule has 2 aromatic carbocycles. The highest BCUT2D eigenvalue weighted by molar-refractivity contribution is 6.35. The molecule has 2 aliphatic heterocycles. The second kappa shape index (κ2) is 11.4. The van der Waals surface area contributed by atoms with E-state index in [1.165, 1.54) is 30.4 Å². The molecule has 9 nitrogen and oxygen atoms in total. The highest BCUT2D eigenvalue weighted by atomic mass is 35.5. The third-order valence-electron chi connectivity index (χ3n) is 6.04. The van der Waals surface area contributed by atoms with Crippen LogP contribution in [0.25, 0.3) is 0 Å². The molecule has 1 amide bonds. The molecule has 0 bridgehead atoms. The van der Waals surface area contributed by atoms with Crippen LogP contribution in [0, 0.1) is 5.41 Å². The fraction of sp³-hybridized carbons (Fsp3) is 0.400. The van der Waals surface area contributed by atoms with E-state index in [0.717, 1.165) is 31.5 Å². The molecule has 192 valence electrons. The first kappa shape index (κ1) is 26.1. The first-order chi connectivity index (χ1) is 17.2. The minimum Gasteiger partial charge on any atom is -0.488 e. The van der Waals surface area contributed by atoms with Crippen LogP contribution in [0.4, 0.5) is 10.5 Å². The first-order valence-electron chi connectivity index (χ1n) is 11.7. The maximum atomic E-state index is 12.6. The van der Waals surface area contributed by atoms with Crippen molar-refractivity contribution in [3.05, 3.63) is 51.5 Å². The molecule has 0 aliphatic carbocycles. The SMILES string of the molecule is CC(=O)Oc1cc(N2CC(COc3c(Cl)cc(Cl)cc3CN3CCCCC3)OC2=O)ccc1C(=N)N. The van der Waals surface area contributed by atoms with E-state index in [2.05, 4.69) is 4.90 Å². The predicted octanol–water partition coefficient (Wildman–Crippen LogP) is 4.59. The van der Waals surface area contributed by atoms with Crippen molar-refractivity contribution in [2.24, 2.45) is 5.73 Å². The number of hydrogen-bond acceptors (Lipinski definition) is 7. The lowest BCUT2D eigenvalue weighted by Gasteiger charge is -2.27. The van der Waals surface area contributed by atoms with Gasteiger partial charge >= 0.3 is 12.1 Å². The van der Waals surface area contributed by atoms with Gasteiger partial charge in [-0.3, -0.25) is 20.0 Å². The highest BCUT2D eigenvalue weighted by Crippen LogP contribution is 2.35. The second-order valence-electron chi connectivity index (χ2n) is 8.83. The molecule has 2 fully saturated rings. The summed E-state index contributed by atoms with van der Waals surface area (Å²) in [6, 6.07) is 8.11. The smallest absolute Gasteiger partial charge is 0.414 e. The van der Waals surface area contributed by atoms with E-state index in [0.29, 0.717) is 28.0 Å². The molecule has 36 heavy (non-hydrogen) atoms. The molecule has 3 N–H and O–H groups in total. The van der Waals surface area contributed by atoms with Gasteiger partial charge in [0, 0.05) is 30.1 Å². The Kier molecular flexibility index (Phi) is 8.23. The zero-order chi connectivity index (χ0) is 25.8. The summed E-state index contributed by atoms with van der Waals surface area (Å²) >= 11 is 12.7.